The van der Waals surface area contributed by atoms with E-state index in [1.807, 2.05) is 6.07 Å². The molecule has 84 valence electrons. The van der Waals surface area contributed by atoms with Crippen LogP contribution in [0.15, 0.2) is 16.5 Å². The zero-order chi connectivity index (χ0) is 9.97. The number of nitrogens with zero attached hydrogens (tertiary/aromatic N) is 1. The van der Waals surface area contributed by atoms with Crippen molar-refractivity contribution in [3.05, 3.63) is 23.7 Å². The Balaban J connectivity index is 0.00000112. The van der Waals surface area contributed by atoms with E-state index < -0.39 is 0 Å². The normalized spacial score (nSPS) is 16.3. The van der Waals surface area contributed by atoms with Crippen LogP contribution in [0.3, 0.4) is 0 Å². The lowest BCUT2D eigenvalue weighted by molar-refractivity contribution is 0.0984. The van der Waals surface area contributed by atoms with Crippen molar-refractivity contribution in [2.24, 2.45) is 0 Å². The molecule has 0 spiro atoms. The lowest BCUT2D eigenvalue weighted by Gasteiger charge is -2.11. The van der Waals surface area contributed by atoms with Crippen LogP contribution in [-0.4, -0.2) is 23.8 Å². The predicted octanol–water partition coefficient (Wildman–Crippen LogP) is 2.71. The number of hydrogen-bond donors (Lipinski definition) is 0. The van der Waals surface area contributed by atoms with E-state index in [1.54, 1.807) is 6.07 Å². The van der Waals surface area contributed by atoms with Gasteiger partial charge < -0.3 is 4.42 Å². The molecule has 1 fully saturated rings. The quantitative estimate of drug-likeness (QED) is 0.718. The highest BCUT2D eigenvalue weighted by Crippen LogP contribution is 2.15. The number of rotatable bonds is 3. The summed E-state index contributed by atoms with van der Waals surface area (Å²) < 4.78 is 5.42. The molecular formula is C12H19NO2. The van der Waals surface area contributed by atoms with E-state index in [2.05, 4.69) is 4.90 Å². The minimum Gasteiger partial charge on any atom is -0.457 e. The van der Waals surface area contributed by atoms with Crippen molar-refractivity contribution >= 4 is 5.78 Å². The smallest absolute Gasteiger partial charge is 0.194 e. The van der Waals surface area contributed by atoms with Crippen LogP contribution < -0.4 is 0 Å². The summed E-state index contributed by atoms with van der Waals surface area (Å²) >= 11 is 0. The van der Waals surface area contributed by atoms with Crippen molar-refractivity contribution < 1.29 is 9.21 Å². The third kappa shape index (κ3) is 2.93. The van der Waals surface area contributed by atoms with Crippen LogP contribution in [0.2, 0.25) is 0 Å². The zero-order valence-corrected chi connectivity index (χ0v) is 8.45. The first-order chi connectivity index (χ1) is 6.75. The second-order valence-electron chi connectivity index (χ2n) is 3.81. The summed E-state index contributed by atoms with van der Waals surface area (Å²) in [6, 6.07) is 3.66. The summed E-state index contributed by atoms with van der Waals surface area (Å²) in [7, 11) is 0. The third-order valence-corrected chi connectivity index (χ3v) is 2.59. The second-order valence-corrected chi connectivity index (χ2v) is 3.81. The first-order valence-electron chi connectivity index (χ1n) is 5.08. The molecule has 2 rings (SSSR count). The van der Waals surface area contributed by atoms with Crippen LogP contribution in [0.5, 0.6) is 0 Å². The number of carbonyl (C=O) groups is 1. The average Bonchev–Trinajstić information content (AvgIpc) is 2.75. The highest BCUT2D eigenvalue weighted by Gasteiger charge is 2.14. The highest BCUT2D eigenvalue weighted by atomic mass is 16.3. The molecular weight excluding hydrogens is 190 g/mol. The molecule has 2 heterocycles. The molecule has 0 atom stereocenters. The maximum Gasteiger partial charge on any atom is 0.194 e. The fraction of sp³-hybridized carbons (Fsp3) is 0.583. The summed E-state index contributed by atoms with van der Waals surface area (Å²) in [5.74, 6) is 1.37. The molecule has 0 aromatic carbocycles. The molecule has 1 aliphatic heterocycles. The predicted molar refractivity (Wildman–Crippen MR) is 60.0 cm³/mol. The van der Waals surface area contributed by atoms with E-state index >= 15 is 0 Å². The van der Waals surface area contributed by atoms with Crippen molar-refractivity contribution in [3.63, 3.8) is 0 Å². The second kappa shape index (κ2) is 5.12. The molecule has 0 amide bonds. The van der Waals surface area contributed by atoms with Gasteiger partial charge in [0.15, 0.2) is 11.5 Å². The Hall–Kier alpha value is -1.09. The molecule has 0 saturated carbocycles. The molecule has 15 heavy (non-hydrogen) atoms. The monoisotopic (exact) mass is 209 g/mol. The van der Waals surface area contributed by atoms with Gasteiger partial charge in [-0.2, -0.15) is 0 Å². The summed E-state index contributed by atoms with van der Waals surface area (Å²) in [5, 5.41) is 0. The Labute approximate surface area is 91.1 Å². The van der Waals surface area contributed by atoms with Gasteiger partial charge in [0.2, 0.25) is 0 Å². The van der Waals surface area contributed by atoms with Crippen molar-refractivity contribution in [3.8, 4) is 0 Å². The van der Waals surface area contributed by atoms with Gasteiger partial charge in [-0.25, -0.2) is 0 Å². The standard InChI is InChI=1S/C11H15NO2.CH4/c1-9(13)11-5-4-10(14-11)8-12-6-2-3-7-12;/h4-5H,2-3,6-8H2,1H3;1H4. The fourth-order valence-corrected chi connectivity index (χ4v) is 1.81. The van der Waals surface area contributed by atoms with Gasteiger partial charge >= 0.3 is 0 Å². The lowest BCUT2D eigenvalue weighted by atomic mass is 10.3. The van der Waals surface area contributed by atoms with Crippen LogP contribution in [0.25, 0.3) is 0 Å². The van der Waals surface area contributed by atoms with Crippen molar-refractivity contribution in [1.82, 2.24) is 4.90 Å². The molecule has 1 aromatic heterocycles. The van der Waals surface area contributed by atoms with Crippen molar-refractivity contribution in [1.29, 1.82) is 0 Å². The van der Waals surface area contributed by atoms with Gasteiger partial charge in [-0.15, -0.1) is 0 Å². The van der Waals surface area contributed by atoms with Crippen LogP contribution in [-0.2, 0) is 6.54 Å². The molecule has 0 unspecified atom stereocenters. The number of Topliss-reactive ketones (excluding diaryl/α,β-unsaturated/α-hetero) is 1. The van der Waals surface area contributed by atoms with E-state index in [1.165, 1.54) is 19.8 Å². The lowest BCUT2D eigenvalue weighted by Crippen LogP contribution is -2.17. The molecule has 1 aromatic rings. The highest BCUT2D eigenvalue weighted by molar-refractivity contribution is 5.91. The molecule has 3 heteroatoms. The summed E-state index contributed by atoms with van der Waals surface area (Å²) in [6.45, 7) is 4.66. The Morgan fingerprint density at radius 1 is 1.40 bits per heavy atom. The van der Waals surface area contributed by atoms with Crippen LogP contribution in [0.1, 0.15) is 43.5 Å². The van der Waals surface area contributed by atoms with Gasteiger partial charge in [-0.05, 0) is 38.1 Å². The van der Waals surface area contributed by atoms with Crippen LogP contribution in [0.4, 0.5) is 0 Å². The Morgan fingerprint density at radius 3 is 2.60 bits per heavy atom. The molecule has 0 radical (unpaired) electrons. The van der Waals surface area contributed by atoms with Gasteiger partial charge in [0, 0.05) is 6.92 Å². The minimum atomic E-state index is -0.00216. The molecule has 1 aliphatic rings. The third-order valence-electron chi connectivity index (χ3n) is 2.59. The van der Waals surface area contributed by atoms with E-state index in [0.717, 1.165) is 25.4 Å². The topological polar surface area (TPSA) is 33.5 Å². The first kappa shape index (κ1) is 12.0. The Kier molecular flexibility index (Phi) is 4.09. The fourth-order valence-electron chi connectivity index (χ4n) is 1.81. The van der Waals surface area contributed by atoms with Gasteiger partial charge in [0.25, 0.3) is 0 Å². The SMILES string of the molecule is C.CC(=O)c1ccc(CN2CCCC2)o1. The molecule has 0 N–H and O–H groups in total. The maximum atomic E-state index is 11.0. The van der Waals surface area contributed by atoms with Crippen LogP contribution in [0, 0.1) is 0 Å². The summed E-state index contributed by atoms with van der Waals surface area (Å²) in [4.78, 5) is 13.3. The summed E-state index contributed by atoms with van der Waals surface area (Å²) in [6.07, 6.45) is 2.56. The minimum absolute atomic E-state index is 0. The number of ketones is 1. The van der Waals surface area contributed by atoms with E-state index in [4.69, 9.17) is 4.42 Å². The number of hydrogen-bond acceptors (Lipinski definition) is 3. The number of carbonyl (C=O) groups excluding carboxylic acids is 1. The zero-order valence-electron chi connectivity index (χ0n) is 8.45. The van der Waals surface area contributed by atoms with E-state index in [-0.39, 0.29) is 13.2 Å². The van der Waals surface area contributed by atoms with E-state index in [9.17, 15) is 4.79 Å². The molecule has 0 bridgehead atoms. The molecule has 1 saturated heterocycles. The number of likely N-dealkylation sites (tertiary alicyclic amines) is 1. The van der Waals surface area contributed by atoms with Gasteiger partial charge in [-0.3, -0.25) is 9.69 Å². The molecule has 3 nitrogen and oxygen atoms in total. The Morgan fingerprint density at radius 2 is 2.07 bits per heavy atom. The van der Waals surface area contributed by atoms with Crippen molar-refractivity contribution in [2.45, 2.75) is 33.7 Å². The first-order valence-corrected chi connectivity index (χ1v) is 5.08. The molecule has 0 aliphatic carbocycles. The largest absolute Gasteiger partial charge is 0.457 e. The van der Waals surface area contributed by atoms with Crippen molar-refractivity contribution in [2.75, 3.05) is 13.1 Å². The maximum absolute atomic E-state index is 11.0. The average molecular weight is 209 g/mol. The van der Waals surface area contributed by atoms with Gasteiger partial charge in [0.05, 0.1) is 6.54 Å². The number of furan rings is 1. The van der Waals surface area contributed by atoms with Crippen LogP contribution >= 0.6 is 0 Å². The van der Waals surface area contributed by atoms with Gasteiger partial charge in [-0.1, -0.05) is 7.43 Å². The Bertz CT molecular complexity index is 324. The summed E-state index contributed by atoms with van der Waals surface area (Å²) in [5.41, 5.74) is 0. The van der Waals surface area contributed by atoms with E-state index in [0.29, 0.717) is 5.76 Å². The van der Waals surface area contributed by atoms with Gasteiger partial charge in [0.1, 0.15) is 5.76 Å².